The molecule has 0 N–H and O–H groups in total. The van der Waals surface area contributed by atoms with E-state index in [1.807, 2.05) is 48.5 Å². The van der Waals surface area contributed by atoms with E-state index >= 15 is 0 Å². The van der Waals surface area contributed by atoms with Crippen LogP contribution >= 0.6 is 0 Å². The van der Waals surface area contributed by atoms with Crippen molar-refractivity contribution in [3.63, 3.8) is 0 Å². The highest BCUT2D eigenvalue weighted by molar-refractivity contribution is 6.40. The van der Waals surface area contributed by atoms with Crippen molar-refractivity contribution in [3.05, 3.63) is 143 Å². The van der Waals surface area contributed by atoms with Crippen LogP contribution in [-0.2, 0) is 0 Å². The molecule has 2 aliphatic carbocycles. The van der Waals surface area contributed by atoms with Crippen LogP contribution in [0.25, 0.3) is 21.5 Å². The van der Waals surface area contributed by atoms with Gasteiger partial charge in [0.2, 0.25) is 0 Å². The quantitative estimate of drug-likeness (QED) is 0.142. The van der Waals surface area contributed by atoms with Crippen molar-refractivity contribution in [2.75, 3.05) is 0 Å². The lowest BCUT2D eigenvalue weighted by Crippen LogP contribution is -2.11. The summed E-state index contributed by atoms with van der Waals surface area (Å²) in [6.07, 6.45) is 11.5. The second-order valence-electron chi connectivity index (χ2n) is 9.09. The third-order valence-electron chi connectivity index (χ3n) is 6.86. The fourth-order valence-electron chi connectivity index (χ4n) is 4.96. The molecule has 0 bridgehead atoms. The number of Topliss-reactive ketones (excluding diaryl/α,β-unsaturated/α-hetero) is 4. The maximum absolute atomic E-state index is 12.8. The maximum atomic E-state index is 12.8. The van der Waals surface area contributed by atoms with Crippen LogP contribution < -0.4 is 0 Å². The minimum Gasteiger partial charge on any atom is -0.293 e. The Bertz CT molecular complexity index is 1690. The summed E-state index contributed by atoms with van der Waals surface area (Å²) < 4.78 is 0. The Kier molecular flexibility index (Phi) is 5.42. The van der Waals surface area contributed by atoms with Gasteiger partial charge in [-0.05, 0) is 51.9 Å². The normalized spacial score (nSPS) is 15.8. The van der Waals surface area contributed by atoms with Gasteiger partial charge in [-0.3, -0.25) is 19.2 Å². The average Bonchev–Trinajstić information content (AvgIpc) is 3.29. The van der Waals surface area contributed by atoms with E-state index in [1.165, 1.54) is 6.08 Å². The summed E-state index contributed by atoms with van der Waals surface area (Å²) in [5.74, 6) is -1.76. The smallest absolute Gasteiger partial charge is 0.197 e. The van der Waals surface area contributed by atoms with Crippen molar-refractivity contribution in [1.29, 1.82) is 0 Å². The SMILES string of the molecule is O=C1C(=C/C=C/C=C/C=C/C2C(=O)c3cc4ccccc4cc3C2=O)C(=O)c2cc3ccccc3cc21. The molecule has 0 unspecified atom stereocenters. The van der Waals surface area contributed by atoms with Crippen LogP contribution in [0.1, 0.15) is 41.4 Å². The number of rotatable bonds is 4. The molecule has 0 aliphatic heterocycles. The zero-order valence-corrected chi connectivity index (χ0v) is 19.7. The summed E-state index contributed by atoms with van der Waals surface area (Å²) >= 11 is 0. The zero-order chi connectivity index (χ0) is 25.5. The first-order valence-electron chi connectivity index (χ1n) is 12.0. The fraction of sp³-hybridized carbons (Fsp3) is 0.0303. The van der Waals surface area contributed by atoms with Crippen molar-refractivity contribution >= 4 is 44.7 Å². The topological polar surface area (TPSA) is 68.3 Å². The molecule has 4 aromatic rings. The third-order valence-corrected chi connectivity index (χ3v) is 6.86. The summed E-state index contributed by atoms with van der Waals surface area (Å²) in [4.78, 5) is 51.2. The van der Waals surface area contributed by atoms with E-state index in [9.17, 15) is 19.2 Å². The average molecular weight is 481 g/mol. The maximum Gasteiger partial charge on any atom is 0.197 e. The number of carbonyl (C=O) groups is 4. The summed E-state index contributed by atoms with van der Waals surface area (Å²) in [6.45, 7) is 0. The van der Waals surface area contributed by atoms with Crippen molar-refractivity contribution < 1.29 is 19.2 Å². The molecule has 0 heterocycles. The van der Waals surface area contributed by atoms with Crippen molar-refractivity contribution in [1.82, 2.24) is 0 Å². The molecule has 0 atom stereocenters. The number of hydrogen-bond acceptors (Lipinski definition) is 4. The molecule has 0 aromatic heterocycles. The first kappa shape index (κ1) is 22.5. The van der Waals surface area contributed by atoms with Crippen LogP contribution in [0, 0.1) is 5.92 Å². The molecule has 0 fully saturated rings. The molecule has 176 valence electrons. The predicted octanol–water partition coefficient (Wildman–Crippen LogP) is 6.66. The number of benzene rings is 4. The zero-order valence-electron chi connectivity index (χ0n) is 19.7. The van der Waals surface area contributed by atoms with Gasteiger partial charge in [-0.2, -0.15) is 0 Å². The second kappa shape index (κ2) is 8.92. The molecule has 0 saturated heterocycles. The van der Waals surface area contributed by atoms with Gasteiger partial charge in [-0.25, -0.2) is 0 Å². The molecule has 4 aromatic carbocycles. The molecule has 0 radical (unpaired) electrons. The highest BCUT2D eigenvalue weighted by Gasteiger charge is 2.37. The Labute approximate surface area is 212 Å². The lowest BCUT2D eigenvalue weighted by Gasteiger charge is -2.00. The van der Waals surface area contributed by atoms with Gasteiger partial charge in [0.25, 0.3) is 0 Å². The lowest BCUT2D eigenvalue weighted by molar-refractivity contribution is 0.0869. The Hall–Kier alpha value is -4.96. The number of ketones is 4. The number of fused-ring (bicyclic) bond motifs is 4. The van der Waals surface area contributed by atoms with E-state index in [4.69, 9.17) is 0 Å². The van der Waals surface area contributed by atoms with Crippen LogP contribution in [0.3, 0.4) is 0 Å². The first-order chi connectivity index (χ1) is 18.0. The van der Waals surface area contributed by atoms with Gasteiger partial charge in [0.1, 0.15) is 5.92 Å². The number of hydrogen-bond donors (Lipinski definition) is 0. The minimum atomic E-state index is -0.828. The largest absolute Gasteiger partial charge is 0.293 e. The molecule has 0 spiro atoms. The monoisotopic (exact) mass is 480 g/mol. The van der Waals surface area contributed by atoms with Gasteiger partial charge in [0, 0.05) is 22.3 Å². The predicted molar refractivity (Wildman–Crippen MR) is 144 cm³/mol. The van der Waals surface area contributed by atoms with Crippen LogP contribution in [0.5, 0.6) is 0 Å². The van der Waals surface area contributed by atoms with E-state index in [1.54, 1.807) is 60.7 Å². The number of allylic oxidation sites excluding steroid dienone is 8. The summed E-state index contributed by atoms with van der Waals surface area (Å²) in [6, 6.07) is 22.4. The van der Waals surface area contributed by atoms with E-state index in [0.717, 1.165) is 21.5 Å². The van der Waals surface area contributed by atoms with Crippen molar-refractivity contribution in [3.8, 4) is 0 Å². The van der Waals surface area contributed by atoms with Crippen molar-refractivity contribution in [2.24, 2.45) is 5.92 Å². The van der Waals surface area contributed by atoms with Crippen LogP contribution in [-0.4, -0.2) is 23.1 Å². The molecule has 4 nitrogen and oxygen atoms in total. The molecule has 0 amide bonds. The molecule has 6 rings (SSSR count). The molecule has 0 saturated carbocycles. The summed E-state index contributed by atoms with van der Waals surface area (Å²) in [7, 11) is 0. The fourth-order valence-corrected chi connectivity index (χ4v) is 4.96. The molecule has 4 heteroatoms. The van der Waals surface area contributed by atoms with Gasteiger partial charge in [-0.15, -0.1) is 0 Å². The van der Waals surface area contributed by atoms with Gasteiger partial charge in [0.05, 0.1) is 5.57 Å². The van der Waals surface area contributed by atoms with Gasteiger partial charge in [-0.1, -0.05) is 85.0 Å². The Morgan fingerprint density at radius 3 is 1.38 bits per heavy atom. The van der Waals surface area contributed by atoms with Gasteiger partial charge < -0.3 is 0 Å². The number of carbonyl (C=O) groups excluding carboxylic acids is 4. The minimum absolute atomic E-state index is 0.137. The van der Waals surface area contributed by atoms with Crippen LogP contribution in [0.15, 0.2) is 121 Å². The Morgan fingerprint density at radius 1 is 0.486 bits per heavy atom. The van der Waals surface area contributed by atoms with Crippen LogP contribution in [0.4, 0.5) is 0 Å². The van der Waals surface area contributed by atoms with Crippen LogP contribution in [0.2, 0.25) is 0 Å². The standard InChI is InChI=1S/C33H20O4/c34-30-24(31(35)27-17-21-11-7-6-10-20(21)16-26(27)30)14-4-2-1-3-5-15-25-32(36)28-18-22-12-8-9-13-23(22)19-29(28)33(25)37/h1-19,24H/b2-1+,5-3+,14-4+. The highest BCUT2D eigenvalue weighted by Crippen LogP contribution is 2.32. The van der Waals surface area contributed by atoms with E-state index in [-0.39, 0.29) is 28.7 Å². The van der Waals surface area contributed by atoms with Gasteiger partial charge in [0.15, 0.2) is 23.1 Å². The lowest BCUT2D eigenvalue weighted by atomic mass is 10.0. The molecule has 2 aliphatic rings. The summed E-state index contributed by atoms with van der Waals surface area (Å²) in [5.41, 5.74) is 1.93. The van der Waals surface area contributed by atoms with E-state index < -0.39 is 5.92 Å². The van der Waals surface area contributed by atoms with E-state index in [2.05, 4.69) is 0 Å². The second-order valence-corrected chi connectivity index (χ2v) is 9.09. The summed E-state index contributed by atoms with van der Waals surface area (Å²) in [5, 5.41) is 3.71. The molecular weight excluding hydrogens is 460 g/mol. The Balaban J connectivity index is 1.15. The molecule has 37 heavy (non-hydrogen) atoms. The van der Waals surface area contributed by atoms with E-state index in [0.29, 0.717) is 22.3 Å². The Morgan fingerprint density at radius 2 is 0.892 bits per heavy atom. The third kappa shape index (κ3) is 3.80. The first-order valence-corrected chi connectivity index (χ1v) is 12.0. The van der Waals surface area contributed by atoms with Gasteiger partial charge >= 0.3 is 0 Å². The van der Waals surface area contributed by atoms with Crippen molar-refractivity contribution in [2.45, 2.75) is 0 Å². The highest BCUT2D eigenvalue weighted by atomic mass is 16.2. The molecular formula is C33H20O4.